The second kappa shape index (κ2) is 7.38. The number of aryl methyl sites for hydroxylation is 2. The molecule has 1 aliphatic rings. The highest BCUT2D eigenvalue weighted by atomic mass is 19.4. The number of hydrogen-bond acceptors (Lipinski definition) is 4. The van der Waals surface area contributed by atoms with Crippen molar-refractivity contribution in [3.05, 3.63) is 27.2 Å². The third-order valence-corrected chi connectivity index (χ3v) is 5.76. The van der Waals surface area contributed by atoms with Crippen molar-refractivity contribution in [1.29, 1.82) is 0 Å². The van der Waals surface area contributed by atoms with Gasteiger partial charge in [-0.05, 0) is 38.0 Å². The van der Waals surface area contributed by atoms with Crippen molar-refractivity contribution in [3.63, 3.8) is 0 Å². The van der Waals surface area contributed by atoms with E-state index in [-0.39, 0.29) is 25.3 Å². The molecule has 10 heteroatoms. The van der Waals surface area contributed by atoms with Crippen LogP contribution in [0.15, 0.2) is 15.9 Å². The van der Waals surface area contributed by atoms with Crippen LogP contribution in [-0.4, -0.2) is 35.6 Å². The van der Waals surface area contributed by atoms with E-state index in [0.29, 0.717) is 17.7 Å². The zero-order valence-electron chi connectivity index (χ0n) is 16.0. The zero-order valence-corrected chi connectivity index (χ0v) is 16.0. The van der Waals surface area contributed by atoms with Gasteiger partial charge in [-0.3, -0.25) is 13.9 Å². The van der Waals surface area contributed by atoms with Crippen molar-refractivity contribution in [3.8, 4) is 0 Å². The summed E-state index contributed by atoms with van der Waals surface area (Å²) in [6, 6.07) is 0. The van der Waals surface area contributed by atoms with Crippen LogP contribution in [0.5, 0.6) is 0 Å². The predicted octanol–water partition coefficient (Wildman–Crippen LogP) is 2.18. The molecule has 2 aromatic heterocycles. The van der Waals surface area contributed by atoms with E-state index >= 15 is 0 Å². The summed E-state index contributed by atoms with van der Waals surface area (Å²) < 4.78 is 43.0. The lowest BCUT2D eigenvalue weighted by Crippen LogP contribution is -2.49. The van der Waals surface area contributed by atoms with E-state index < -0.39 is 35.9 Å². The first-order valence-corrected chi connectivity index (χ1v) is 9.53. The van der Waals surface area contributed by atoms with Gasteiger partial charge in [0.25, 0.3) is 5.56 Å². The SMILES string of the molecule is CCCCn1cnc2c1c(=O)n(CC1CCC(O)(C(F)(F)F)CC1)c(=O)n2C. The predicted molar refractivity (Wildman–Crippen MR) is 97.1 cm³/mol. The summed E-state index contributed by atoms with van der Waals surface area (Å²) in [7, 11) is 1.53. The molecule has 28 heavy (non-hydrogen) atoms. The quantitative estimate of drug-likeness (QED) is 0.831. The van der Waals surface area contributed by atoms with Crippen molar-refractivity contribution in [2.75, 3.05) is 0 Å². The molecule has 156 valence electrons. The van der Waals surface area contributed by atoms with Crippen molar-refractivity contribution in [2.24, 2.45) is 13.0 Å². The second-order valence-corrected chi connectivity index (χ2v) is 7.69. The Morgan fingerprint density at radius 1 is 1.29 bits per heavy atom. The molecule has 1 aliphatic carbocycles. The molecule has 0 aliphatic heterocycles. The van der Waals surface area contributed by atoms with Crippen LogP contribution in [0.25, 0.3) is 11.2 Å². The fourth-order valence-corrected chi connectivity index (χ4v) is 3.86. The summed E-state index contributed by atoms with van der Waals surface area (Å²) in [5.74, 6) is -0.280. The first-order chi connectivity index (χ1) is 13.1. The van der Waals surface area contributed by atoms with Crippen LogP contribution in [0.2, 0.25) is 0 Å². The topological polar surface area (TPSA) is 82.1 Å². The minimum absolute atomic E-state index is 0.0361. The summed E-state index contributed by atoms with van der Waals surface area (Å²) in [4.78, 5) is 29.8. The number of fused-ring (bicyclic) bond motifs is 1. The van der Waals surface area contributed by atoms with Gasteiger partial charge in [-0.1, -0.05) is 13.3 Å². The van der Waals surface area contributed by atoms with Gasteiger partial charge in [-0.25, -0.2) is 9.78 Å². The van der Waals surface area contributed by atoms with E-state index in [4.69, 9.17) is 0 Å². The molecule has 0 spiro atoms. The number of alkyl halides is 3. The molecule has 3 rings (SSSR count). The van der Waals surface area contributed by atoms with Crippen molar-refractivity contribution < 1.29 is 18.3 Å². The highest BCUT2D eigenvalue weighted by Crippen LogP contribution is 2.43. The van der Waals surface area contributed by atoms with Crippen molar-refractivity contribution in [1.82, 2.24) is 18.7 Å². The fourth-order valence-electron chi connectivity index (χ4n) is 3.86. The summed E-state index contributed by atoms with van der Waals surface area (Å²) in [5, 5.41) is 9.81. The van der Waals surface area contributed by atoms with Crippen molar-refractivity contribution >= 4 is 11.2 Å². The summed E-state index contributed by atoms with van der Waals surface area (Å²) in [5.41, 5.74) is -3.05. The Labute approximate surface area is 159 Å². The number of aromatic nitrogens is 4. The molecule has 7 nitrogen and oxygen atoms in total. The average molecular weight is 402 g/mol. The molecule has 2 aromatic rings. The van der Waals surface area contributed by atoms with Gasteiger partial charge in [0.05, 0.1) is 6.33 Å². The molecule has 0 aromatic carbocycles. The van der Waals surface area contributed by atoms with Gasteiger partial charge in [0.15, 0.2) is 16.8 Å². The number of unbranched alkanes of at least 4 members (excludes halogenated alkanes) is 1. The van der Waals surface area contributed by atoms with Gasteiger partial charge < -0.3 is 9.67 Å². The number of halogens is 3. The zero-order chi connectivity index (χ0) is 20.7. The molecule has 0 bridgehead atoms. The first kappa shape index (κ1) is 20.6. The van der Waals surface area contributed by atoms with E-state index in [1.807, 2.05) is 6.92 Å². The fraction of sp³-hybridized carbons (Fsp3) is 0.722. The summed E-state index contributed by atoms with van der Waals surface area (Å²) in [6.45, 7) is 2.66. The summed E-state index contributed by atoms with van der Waals surface area (Å²) >= 11 is 0. The number of rotatable bonds is 5. The molecule has 2 heterocycles. The van der Waals surface area contributed by atoms with E-state index in [1.165, 1.54) is 17.9 Å². The molecule has 0 unspecified atom stereocenters. The highest BCUT2D eigenvalue weighted by molar-refractivity contribution is 5.69. The Morgan fingerprint density at radius 3 is 2.50 bits per heavy atom. The largest absolute Gasteiger partial charge is 0.417 e. The van der Waals surface area contributed by atoms with Crippen LogP contribution in [0, 0.1) is 5.92 Å². The van der Waals surface area contributed by atoms with Crippen LogP contribution < -0.4 is 11.2 Å². The number of imidazole rings is 1. The monoisotopic (exact) mass is 402 g/mol. The van der Waals surface area contributed by atoms with E-state index in [2.05, 4.69) is 4.98 Å². The van der Waals surface area contributed by atoms with Crippen LogP contribution in [0.1, 0.15) is 45.4 Å². The Hall–Kier alpha value is -2.10. The second-order valence-electron chi connectivity index (χ2n) is 7.69. The Morgan fingerprint density at radius 2 is 1.93 bits per heavy atom. The van der Waals surface area contributed by atoms with Crippen LogP contribution in [0.4, 0.5) is 13.2 Å². The molecule has 0 amide bonds. The van der Waals surface area contributed by atoms with E-state index in [1.54, 1.807) is 4.57 Å². The normalized spacial score (nSPS) is 23.4. The average Bonchev–Trinajstić information content (AvgIpc) is 3.06. The number of aliphatic hydroxyl groups is 1. The maximum Gasteiger partial charge on any atom is 0.417 e. The molecule has 0 atom stereocenters. The van der Waals surface area contributed by atoms with Gasteiger partial charge in [0, 0.05) is 20.1 Å². The molecule has 1 N–H and O–H groups in total. The van der Waals surface area contributed by atoms with Crippen molar-refractivity contribution in [2.45, 2.75) is 70.3 Å². The van der Waals surface area contributed by atoms with Gasteiger partial charge in [0.1, 0.15) is 0 Å². The third-order valence-electron chi connectivity index (χ3n) is 5.76. The molecular formula is C18H25F3N4O3. The van der Waals surface area contributed by atoms with Crippen LogP contribution >= 0.6 is 0 Å². The number of hydrogen-bond donors (Lipinski definition) is 1. The third kappa shape index (κ3) is 3.49. The number of nitrogens with zero attached hydrogens (tertiary/aromatic N) is 4. The van der Waals surface area contributed by atoms with Gasteiger partial charge in [-0.2, -0.15) is 13.2 Å². The lowest BCUT2D eigenvalue weighted by molar-refractivity contribution is -0.272. The lowest BCUT2D eigenvalue weighted by Gasteiger charge is -2.37. The maximum atomic E-state index is 13.0. The molecule has 1 saturated carbocycles. The standard InChI is InChI=1S/C18H25F3N4O3/c1-3-4-9-24-11-22-14-13(24)15(26)25(16(27)23(14)2)10-12-5-7-17(28,8-6-12)18(19,20)21/h11-12,28H,3-10H2,1-2H3. The van der Waals surface area contributed by atoms with E-state index in [9.17, 15) is 27.9 Å². The van der Waals surface area contributed by atoms with Gasteiger partial charge in [0.2, 0.25) is 0 Å². The maximum absolute atomic E-state index is 13.0. The lowest BCUT2D eigenvalue weighted by atomic mass is 9.78. The first-order valence-electron chi connectivity index (χ1n) is 9.53. The van der Waals surface area contributed by atoms with E-state index in [0.717, 1.165) is 17.4 Å². The highest BCUT2D eigenvalue weighted by Gasteiger charge is 2.54. The minimum Gasteiger partial charge on any atom is -0.380 e. The Bertz CT molecular complexity index is 965. The van der Waals surface area contributed by atoms with Gasteiger partial charge >= 0.3 is 11.9 Å². The van der Waals surface area contributed by atoms with Gasteiger partial charge in [-0.15, -0.1) is 0 Å². The smallest absolute Gasteiger partial charge is 0.380 e. The summed E-state index contributed by atoms with van der Waals surface area (Å²) in [6.07, 6.45) is -2.00. The molecular weight excluding hydrogens is 377 g/mol. The molecule has 0 saturated heterocycles. The molecule has 0 radical (unpaired) electrons. The molecule has 1 fully saturated rings. The Balaban J connectivity index is 1.90. The minimum atomic E-state index is -4.67. The van der Waals surface area contributed by atoms with Crippen LogP contribution in [-0.2, 0) is 20.1 Å². The Kier molecular flexibility index (Phi) is 5.44. The van der Waals surface area contributed by atoms with Crippen LogP contribution in [0.3, 0.4) is 0 Å².